The first kappa shape index (κ1) is 14.5. The highest BCUT2D eigenvalue weighted by Crippen LogP contribution is 2.43. The van der Waals surface area contributed by atoms with E-state index >= 15 is 0 Å². The first-order valence-corrected chi connectivity index (χ1v) is 10.1. The van der Waals surface area contributed by atoms with Gasteiger partial charge in [-0.25, -0.2) is 0 Å². The second kappa shape index (κ2) is 5.42. The Morgan fingerprint density at radius 2 is 1.77 bits per heavy atom. The molecule has 0 spiro atoms. The zero-order valence-corrected chi connectivity index (χ0v) is 15.2. The molecule has 0 unspecified atom stereocenters. The van der Waals surface area contributed by atoms with Crippen LogP contribution in [0.4, 0.5) is 0 Å². The summed E-state index contributed by atoms with van der Waals surface area (Å²) >= 11 is 2.00. The minimum atomic E-state index is 1.21. The summed E-state index contributed by atoms with van der Waals surface area (Å²) in [6.45, 7) is 0. The lowest BCUT2D eigenvalue weighted by Gasteiger charge is -2.13. The van der Waals surface area contributed by atoms with Crippen molar-refractivity contribution in [2.24, 2.45) is 0 Å². The van der Waals surface area contributed by atoms with E-state index in [0.29, 0.717) is 0 Å². The van der Waals surface area contributed by atoms with Crippen molar-refractivity contribution in [3.63, 3.8) is 0 Å². The van der Waals surface area contributed by atoms with Gasteiger partial charge in [-0.1, -0.05) is 24.3 Å². The average molecular weight is 354 g/mol. The number of thiophene rings is 1. The van der Waals surface area contributed by atoms with Gasteiger partial charge in [0.05, 0.1) is 11.0 Å². The highest BCUT2D eigenvalue weighted by Gasteiger charge is 2.22. The number of nitrogens with zero attached hydrogens (tertiary/aromatic N) is 2. The van der Waals surface area contributed by atoms with E-state index in [0.717, 1.165) is 0 Å². The van der Waals surface area contributed by atoms with Crippen molar-refractivity contribution in [1.29, 1.82) is 0 Å². The summed E-state index contributed by atoms with van der Waals surface area (Å²) < 4.78 is 3.87. The molecule has 0 bridgehead atoms. The Morgan fingerprint density at radius 1 is 0.885 bits per heavy atom. The number of hydrogen-bond acceptors (Lipinski definition) is 2. The lowest BCUT2D eigenvalue weighted by molar-refractivity contribution is 0.700. The first-order chi connectivity index (χ1) is 12.9. The number of aryl methyl sites for hydroxylation is 2. The van der Waals surface area contributed by atoms with Gasteiger partial charge >= 0.3 is 0 Å². The molecule has 0 radical (unpaired) electrons. The van der Waals surface area contributed by atoms with Crippen molar-refractivity contribution < 1.29 is 0 Å². The normalized spacial score (nSPS) is 14.3. The molecule has 1 aliphatic carbocycles. The molecular weight excluding hydrogens is 336 g/mol. The maximum atomic E-state index is 4.41. The van der Waals surface area contributed by atoms with E-state index in [1.807, 2.05) is 23.7 Å². The van der Waals surface area contributed by atoms with Crippen molar-refractivity contribution in [2.45, 2.75) is 25.7 Å². The fraction of sp³-hybridized carbons (Fsp3) is 0.174. The van der Waals surface area contributed by atoms with E-state index < -0.39 is 0 Å². The smallest absolute Gasteiger partial charge is 0.0631 e. The van der Waals surface area contributed by atoms with Gasteiger partial charge in [-0.05, 0) is 55.5 Å². The molecule has 5 aromatic rings. The molecule has 0 atom stereocenters. The minimum Gasteiger partial charge on any atom is -0.308 e. The quantitative estimate of drug-likeness (QED) is 0.347. The van der Waals surface area contributed by atoms with Gasteiger partial charge in [0.2, 0.25) is 0 Å². The summed E-state index contributed by atoms with van der Waals surface area (Å²) in [4.78, 5) is 6.01. The third-order valence-corrected chi connectivity index (χ3v) is 6.92. The molecular formula is C23H18N2S. The maximum Gasteiger partial charge on any atom is 0.0631 e. The van der Waals surface area contributed by atoms with Crippen LogP contribution in [0.1, 0.15) is 23.3 Å². The van der Waals surface area contributed by atoms with E-state index in [1.165, 1.54) is 63.3 Å². The van der Waals surface area contributed by atoms with Gasteiger partial charge in [-0.15, -0.1) is 11.3 Å². The number of fused-ring (bicyclic) bond motifs is 7. The van der Waals surface area contributed by atoms with Crippen LogP contribution in [0.5, 0.6) is 0 Å². The van der Waals surface area contributed by atoms with E-state index in [2.05, 4.69) is 58.1 Å². The van der Waals surface area contributed by atoms with Gasteiger partial charge < -0.3 is 4.57 Å². The van der Waals surface area contributed by atoms with Crippen LogP contribution in [0, 0.1) is 0 Å². The molecule has 0 amide bonds. The predicted molar refractivity (Wildman–Crippen MR) is 111 cm³/mol. The Hall–Kier alpha value is -2.65. The molecule has 3 heterocycles. The summed E-state index contributed by atoms with van der Waals surface area (Å²) in [6.07, 6.45) is 9.01. The maximum absolute atomic E-state index is 4.41. The number of benzene rings is 2. The van der Waals surface area contributed by atoms with Gasteiger partial charge in [-0.3, -0.25) is 4.98 Å². The SMILES string of the molecule is c1ccc(-n2c3ccncc3c3ccc4sc5c(c4c32)CCCC5)cc1. The van der Waals surface area contributed by atoms with Crippen molar-refractivity contribution in [2.75, 3.05) is 0 Å². The molecule has 2 nitrogen and oxygen atoms in total. The molecule has 0 aliphatic heterocycles. The van der Waals surface area contributed by atoms with Crippen LogP contribution in [0.15, 0.2) is 60.9 Å². The van der Waals surface area contributed by atoms with Crippen LogP contribution in [0.25, 0.3) is 37.6 Å². The van der Waals surface area contributed by atoms with Gasteiger partial charge in [0.15, 0.2) is 0 Å². The first-order valence-electron chi connectivity index (χ1n) is 9.28. The minimum absolute atomic E-state index is 1.21. The molecule has 126 valence electrons. The van der Waals surface area contributed by atoms with Crippen molar-refractivity contribution >= 4 is 43.2 Å². The molecule has 0 saturated carbocycles. The predicted octanol–water partition coefficient (Wildman–Crippen LogP) is 6.27. The summed E-state index contributed by atoms with van der Waals surface area (Å²) in [7, 11) is 0. The average Bonchev–Trinajstić information content (AvgIpc) is 3.24. The standard InChI is InChI=1S/C23H18N2S/c1-2-6-15(7-3-1)25-19-12-13-24-14-18(19)16-10-11-21-22(23(16)25)17-8-4-5-9-20(17)26-21/h1-3,6-7,10-14H,4-5,8-9H2. The second-order valence-corrected chi connectivity index (χ2v) is 8.25. The number of para-hydroxylation sites is 1. The third kappa shape index (κ3) is 1.89. The lowest BCUT2D eigenvalue weighted by Crippen LogP contribution is -1.99. The van der Waals surface area contributed by atoms with Crippen LogP contribution >= 0.6 is 11.3 Å². The number of hydrogen-bond donors (Lipinski definition) is 0. The molecule has 26 heavy (non-hydrogen) atoms. The lowest BCUT2D eigenvalue weighted by atomic mass is 9.95. The Morgan fingerprint density at radius 3 is 2.69 bits per heavy atom. The summed E-state index contributed by atoms with van der Waals surface area (Å²) in [6, 6.07) is 17.5. The Bertz CT molecular complexity index is 1280. The molecule has 3 aromatic heterocycles. The summed E-state index contributed by atoms with van der Waals surface area (Å²) in [5.74, 6) is 0. The fourth-order valence-corrected chi connectivity index (χ4v) is 5.84. The van der Waals surface area contributed by atoms with Crippen LogP contribution < -0.4 is 0 Å². The zero-order valence-electron chi connectivity index (χ0n) is 14.4. The van der Waals surface area contributed by atoms with Crippen LogP contribution in [0.2, 0.25) is 0 Å². The summed E-state index contributed by atoms with van der Waals surface area (Å²) in [5.41, 5.74) is 5.41. The highest BCUT2D eigenvalue weighted by molar-refractivity contribution is 7.19. The van der Waals surface area contributed by atoms with Gasteiger partial charge in [0, 0.05) is 43.8 Å². The molecule has 0 fully saturated rings. The Kier molecular flexibility index (Phi) is 3.03. The topological polar surface area (TPSA) is 17.8 Å². The highest BCUT2D eigenvalue weighted by atomic mass is 32.1. The van der Waals surface area contributed by atoms with Gasteiger partial charge in [-0.2, -0.15) is 0 Å². The van der Waals surface area contributed by atoms with E-state index in [9.17, 15) is 0 Å². The van der Waals surface area contributed by atoms with Crippen LogP contribution in [-0.2, 0) is 12.8 Å². The largest absolute Gasteiger partial charge is 0.308 e. The molecule has 1 aliphatic rings. The van der Waals surface area contributed by atoms with E-state index in [1.54, 1.807) is 10.4 Å². The van der Waals surface area contributed by atoms with E-state index in [-0.39, 0.29) is 0 Å². The van der Waals surface area contributed by atoms with Crippen molar-refractivity contribution in [1.82, 2.24) is 9.55 Å². The molecule has 0 saturated heterocycles. The zero-order chi connectivity index (χ0) is 17.1. The van der Waals surface area contributed by atoms with Crippen molar-refractivity contribution in [3.8, 4) is 5.69 Å². The van der Waals surface area contributed by atoms with E-state index in [4.69, 9.17) is 0 Å². The molecule has 3 heteroatoms. The van der Waals surface area contributed by atoms with Crippen molar-refractivity contribution in [3.05, 3.63) is 71.4 Å². The van der Waals surface area contributed by atoms with Crippen LogP contribution in [-0.4, -0.2) is 9.55 Å². The van der Waals surface area contributed by atoms with Crippen LogP contribution in [0.3, 0.4) is 0 Å². The summed E-state index contributed by atoms with van der Waals surface area (Å²) in [5, 5.41) is 4.03. The molecule has 2 aromatic carbocycles. The number of aromatic nitrogens is 2. The fourth-order valence-electron chi connectivity index (χ4n) is 4.54. The second-order valence-electron chi connectivity index (χ2n) is 7.11. The molecule has 6 rings (SSSR count). The van der Waals surface area contributed by atoms with Gasteiger partial charge in [0.25, 0.3) is 0 Å². The molecule has 0 N–H and O–H groups in total. The number of rotatable bonds is 1. The third-order valence-electron chi connectivity index (χ3n) is 5.66. The van der Waals surface area contributed by atoms with Gasteiger partial charge in [0.1, 0.15) is 0 Å². The number of pyridine rings is 1. The Balaban J connectivity index is 1.88. The monoisotopic (exact) mass is 354 g/mol. The Labute approximate surface area is 155 Å².